The molecule has 3 heterocycles. The lowest BCUT2D eigenvalue weighted by molar-refractivity contribution is 0.0705. The molecule has 7 nitrogen and oxygen atoms in total. The largest absolute Gasteiger partial charge is 0.339 e. The van der Waals surface area contributed by atoms with Crippen molar-refractivity contribution in [2.75, 3.05) is 13.1 Å². The highest BCUT2D eigenvalue weighted by Gasteiger charge is 2.30. The summed E-state index contributed by atoms with van der Waals surface area (Å²) < 4.78 is 20.4. The Morgan fingerprint density at radius 3 is 2.36 bits per heavy atom. The number of aryl methyl sites for hydroxylation is 2. The molecule has 2 aromatic heterocycles. The van der Waals surface area contributed by atoms with Gasteiger partial charge in [-0.25, -0.2) is 9.07 Å². The van der Waals surface area contributed by atoms with Crippen LogP contribution in [0.25, 0.3) is 16.9 Å². The topological polar surface area (TPSA) is 77.1 Å². The van der Waals surface area contributed by atoms with Gasteiger partial charge in [0.2, 0.25) is 5.89 Å². The highest BCUT2D eigenvalue weighted by molar-refractivity contribution is 6.00. The Kier molecular flexibility index (Phi) is 5.50. The summed E-state index contributed by atoms with van der Waals surface area (Å²) in [6.07, 6.45) is 3.26. The van der Waals surface area contributed by atoms with Gasteiger partial charge < -0.3 is 9.42 Å². The van der Waals surface area contributed by atoms with Gasteiger partial charge in [-0.2, -0.15) is 10.1 Å². The maximum atomic E-state index is 13.6. The summed E-state index contributed by atoms with van der Waals surface area (Å²) in [7, 11) is 0. The summed E-state index contributed by atoms with van der Waals surface area (Å²) in [5.74, 6) is 1.04. The second-order valence-electron chi connectivity index (χ2n) is 8.42. The molecular formula is C25H24FN5O2. The number of hydrogen-bond acceptors (Lipinski definition) is 5. The number of aromatic nitrogens is 4. The summed E-state index contributed by atoms with van der Waals surface area (Å²) in [4.78, 5) is 19.8. The van der Waals surface area contributed by atoms with Crippen LogP contribution in [0.2, 0.25) is 0 Å². The number of nitrogens with zero attached hydrogens (tertiary/aromatic N) is 5. The highest BCUT2D eigenvalue weighted by Crippen LogP contribution is 2.30. The average molecular weight is 445 g/mol. The molecule has 0 N–H and O–H groups in total. The van der Waals surface area contributed by atoms with Crippen LogP contribution in [-0.2, 0) is 0 Å². The van der Waals surface area contributed by atoms with E-state index < -0.39 is 0 Å². The van der Waals surface area contributed by atoms with E-state index in [4.69, 9.17) is 9.62 Å². The predicted molar refractivity (Wildman–Crippen MR) is 121 cm³/mol. The van der Waals surface area contributed by atoms with Gasteiger partial charge in [-0.15, -0.1) is 0 Å². The molecule has 0 atom stereocenters. The molecule has 5 rings (SSSR count). The quantitative estimate of drug-likeness (QED) is 0.455. The highest BCUT2D eigenvalue weighted by atomic mass is 19.1. The van der Waals surface area contributed by atoms with Crippen molar-refractivity contribution in [1.29, 1.82) is 0 Å². The molecule has 4 aromatic rings. The number of carbonyl (C=O) groups is 1. The minimum atomic E-state index is -0.319. The molecular weight excluding hydrogens is 421 g/mol. The average Bonchev–Trinajstić information content (AvgIpc) is 3.47. The van der Waals surface area contributed by atoms with E-state index in [1.165, 1.54) is 12.1 Å². The number of rotatable bonds is 4. The smallest absolute Gasteiger partial charge is 0.257 e. The van der Waals surface area contributed by atoms with E-state index in [0.29, 0.717) is 41.7 Å². The number of carbonyl (C=O) groups excluding carboxylic acids is 1. The minimum Gasteiger partial charge on any atom is -0.339 e. The van der Waals surface area contributed by atoms with E-state index in [-0.39, 0.29) is 17.6 Å². The lowest BCUT2D eigenvalue weighted by atomic mass is 9.96. The van der Waals surface area contributed by atoms with Gasteiger partial charge in [0.25, 0.3) is 5.91 Å². The number of hydrogen-bond donors (Lipinski definition) is 0. The summed E-state index contributed by atoms with van der Waals surface area (Å²) in [6, 6.07) is 14.0. The second kappa shape index (κ2) is 8.61. The van der Waals surface area contributed by atoms with Gasteiger partial charge in [0, 0.05) is 30.8 Å². The Hall–Kier alpha value is -3.81. The molecule has 0 aliphatic carbocycles. The molecule has 168 valence electrons. The molecule has 1 fully saturated rings. The predicted octanol–water partition coefficient (Wildman–Crippen LogP) is 4.70. The second-order valence-corrected chi connectivity index (χ2v) is 8.42. The minimum absolute atomic E-state index is 0.0703. The number of benzene rings is 2. The molecule has 1 aliphatic heterocycles. The van der Waals surface area contributed by atoms with Gasteiger partial charge in [0.05, 0.1) is 11.3 Å². The summed E-state index contributed by atoms with van der Waals surface area (Å²) in [5.41, 5.74) is 3.81. The molecule has 8 heteroatoms. The SMILES string of the molecule is Cc1ccc(-c2nn(-c3ccc(F)cc3)cc2C(=O)N2CCC(c3nc(C)no3)CC2)cc1. The monoisotopic (exact) mass is 445 g/mol. The Morgan fingerprint density at radius 2 is 1.73 bits per heavy atom. The van der Waals surface area contributed by atoms with E-state index in [9.17, 15) is 9.18 Å². The van der Waals surface area contributed by atoms with Gasteiger partial charge in [-0.3, -0.25) is 4.79 Å². The van der Waals surface area contributed by atoms with Gasteiger partial charge in [0.15, 0.2) is 5.82 Å². The fourth-order valence-electron chi connectivity index (χ4n) is 4.16. The molecule has 33 heavy (non-hydrogen) atoms. The molecule has 0 unspecified atom stereocenters. The maximum Gasteiger partial charge on any atom is 0.257 e. The van der Waals surface area contributed by atoms with Gasteiger partial charge in [-0.1, -0.05) is 35.0 Å². The Morgan fingerprint density at radius 1 is 1.03 bits per heavy atom. The Balaban J connectivity index is 1.44. The lowest BCUT2D eigenvalue weighted by Crippen LogP contribution is -2.38. The summed E-state index contributed by atoms with van der Waals surface area (Å²) in [6.45, 7) is 5.01. The normalized spacial score (nSPS) is 14.6. The number of likely N-dealkylation sites (tertiary alicyclic amines) is 1. The van der Waals surface area contributed by atoms with Crippen LogP contribution in [0.15, 0.2) is 59.3 Å². The Bertz CT molecular complexity index is 1270. The van der Waals surface area contributed by atoms with Crippen molar-refractivity contribution < 1.29 is 13.7 Å². The van der Waals surface area contributed by atoms with E-state index >= 15 is 0 Å². The fourth-order valence-corrected chi connectivity index (χ4v) is 4.16. The molecule has 1 amide bonds. The van der Waals surface area contributed by atoms with Crippen molar-refractivity contribution in [3.63, 3.8) is 0 Å². The molecule has 1 aliphatic rings. The van der Waals surface area contributed by atoms with E-state index in [1.54, 1.807) is 29.9 Å². The van der Waals surface area contributed by atoms with Crippen molar-refractivity contribution in [2.24, 2.45) is 0 Å². The third kappa shape index (κ3) is 4.28. The van der Waals surface area contributed by atoms with Crippen LogP contribution in [-0.4, -0.2) is 43.8 Å². The van der Waals surface area contributed by atoms with Crippen LogP contribution in [0, 0.1) is 19.7 Å². The van der Waals surface area contributed by atoms with Gasteiger partial charge in [0.1, 0.15) is 11.5 Å². The van der Waals surface area contributed by atoms with Crippen LogP contribution in [0.3, 0.4) is 0 Å². The molecule has 2 aromatic carbocycles. The first-order valence-corrected chi connectivity index (χ1v) is 11.0. The summed E-state index contributed by atoms with van der Waals surface area (Å²) >= 11 is 0. The fraction of sp³-hybridized carbons (Fsp3) is 0.280. The van der Waals surface area contributed by atoms with E-state index in [2.05, 4.69) is 10.1 Å². The first-order valence-electron chi connectivity index (χ1n) is 11.0. The van der Waals surface area contributed by atoms with Crippen molar-refractivity contribution in [2.45, 2.75) is 32.6 Å². The third-order valence-corrected chi connectivity index (χ3v) is 6.04. The van der Waals surface area contributed by atoms with Crippen LogP contribution >= 0.6 is 0 Å². The molecule has 1 saturated heterocycles. The van der Waals surface area contributed by atoms with Crippen LogP contribution in [0.1, 0.15) is 46.4 Å². The number of piperidine rings is 1. The van der Waals surface area contributed by atoms with Crippen molar-refractivity contribution in [1.82, 2.24) is 24.8 Å². The van der Waals surface area contributed by atoms with Crippen molar-refractivity contribution in [3.05, 3.63) is 83.4 Å². The zero-order chi connectivity index (χ0) is 22.9. The number of halogens is 1. The van der Waals surface area contributed by atoms with Gasteiger partial charge in [-0.05, 0) is 51.0 Å². The Labute approximate surface area is 190 Å². The first-order chi connectivity index (χ1) is 16.0. The molecule has 0 bridgehead atoms. The van der Waals surface area contributed by atoms with Crippen LogP contribution in [0.5, 0.6) is 0 Å². The van der Waals surface area contributed by atoms with E-state index in [1.807, 2.05) is 36.1 Å². The zero-order valence-electron chi connectivity index (χ0n) is 18.5. The summed E-state index contributed by atoms with van der Waals surface area (Å²) in [5, 5.41) is 8.59. The van der Waals surface area contributed by atoms with Crippen molar-refractivity contribution >= 4 is 5.91 Å². The van der Waals surface area contributed by atoms with Crippen molar-refractivity contribution in [3.8, 4) is 16.9 Å². The first kappa shape index (κ1) is 21.1. The molecule has 0 saturated carbocycles. The van der Waals surface area contributed by atoms with Gasteiger partial charge >= 0.3 is 0 Å². The van der Waals surface area contributed by atoms with E-state index in [0.717, 1.165) is 24.0 Å². The standard InChI is InChI=1S/C25H24FN5O2/c1-16-3-5-18(6-4-16)23-22(15-31(28-23)21-9-7-20(26)8-10-21)25(32)30-13-11-19(12-14-30)24-27-17(2)29-33-24/h3-10,15,19H,11-14H2,1-2H3. The molecule has 0 spiro atoms. The lowest BCUT2D eigenvalue weighted by Gasteiger charge is -2.30. The number of amides is 1. The third-order valence-electron chi connectivity index (χ3n) is 6.04. The van der Waals surface area contributed by atoms with Crippen LogP contribution < -0.4 is 0 Å². The maximum absolute atomic E-state index is 13.6. The molecule has 0 radical (unpaired) electrons. The van der Waals surface area contributed by atoms with Crippen LogP contribution in [0.4, 0.5) is 4.39 Å². The zero-order valence-corrected chi connectivity index (χ0v) is 18.5.